The molecule has 1 fully saturated rings. The highest BCUT2D eigenvalue weighted by atomic mass is 16.5. The van der Waals surface area contributed by atoms with Gasteiger partial charge in [0.2, 0.25) is 0 Å². The zero-order valence-electron chi connectivity index (χ0n) is 13.5. The lowest BCUT2D eigenvalue weighted by molar-refractivity contribution is 0.0974. The smallest absolute Gasteiger partial charge is 0.263 e. The molecule has 1 aliphatic rings. The molecule has 6 nitrogen and oxygen atoms in total. The van der Waals surface area contributed by atoms with Crippen LogP contribution < -0.4 is 4.90 Å². The van der Waals surface area contributed by atoms with Gasteiger partial charge >= 0.3 is 0 Å². The van der Waals surface area contributed by atoms with Gasteiger partial charge in [-0.25, -0.2) is 4.98 Å². The van der Waals surface area contributed by atoms with E-state index >= 15 is 0 Å². The number of Topliss-reactive ketones (excluding diaryl/α,β-unsaturated/α-hetero) is 1. The lowest BCUT2D eigenvalue weighted by atomic mass is 10.0. The largest absolute Gasteiger partial charge is 0.352 e. The molecule has 1 atom stereocenters. The third-order valence-electron chi connectivity index (χ3n) is 4.59. The third kappa shape index (κ3) is 2.54. The Balaban J connectivity index is 1.63. The van der Waals surface area contributed by atoms with Crippen LogP contribution in [0.5, 0.6) is 0 Å². The first-order chi connectivity index (χ1) is 11.7. The van der Waals surface area contributed by atoms with Gasteiger partial charge in [0.1, 0.15) is 17.5 Å². The van der Waals surface area contributed by atoms with E-state index in [2.05, 4.69) is 20.0 Å². The fourth-order valence-corrected chi connectivity index (χ4v) is 3.40. The monoisotopic (exact) mass is 322 g/mol. The maximum absolute atomic E-state index is 12.6. The average Bonchev–Trinajstić information content (AvgIpc) is 3.23. The molecule has 3 aromatic rings. The number of carbonyl (C=O) groups is 1. The number of hydrogen-bond donors (Lipinski definition) is 0. The van der Waals surface area contributed by atoms with Crippen LogP contribution in [-0.2, 0) is 0 Å². The van der Waals surface area contributed by atoms with Crippen molar-refractivity contribution in [3.63, 3.8) is 0 Å². The summed E-state index contributed by atoms with van der Waals surface area (Å²) in [4.78, 5) is 23.4. The minimum atomic E-state index is 0.144. The van der Waals surface area contributed by atoms with E-state index in [-0.39, 0.29) is 11.8 Å². The van der Waals surface area contributed by atoms with Crippen LogP contribution in [-0.4, -0.2) is 33.5 Å². The van der Waals surface area contributed by atoms with Gasteiger partial charge in [-0.15, -0.1) is 0 Å². The fraction of sp³-hybridized carbons (Fsp3) is 0.333. The molecule has 1 aromatic carbocycles. The van der Waals surface area contributed by atoms with Crippen molar-refractivity contribution in [2.45, 2.75) is 32.2 Å². The van der Waals surface area contributed by atoms with E-state index in [4.69, 9.17) is 4.52 Å². The Morgan fingerprint density at radius 2 is 2.12 bits per heavy atom. The summed E-state index contributed by atoms with van der Waals surface area (Å²) in [6.07, 6.45) is 4.01. The molecule has 2 aromatic heterocycles. The van der Waals surface area contributed by atoms with E-state index in [1.54, 1.807) is 0 Å². The summed E-state index contributed by atoms with van der Waals surface area (Å²) < 4.78 is 5.24. The molecule has 122 valence electrons. The molecule has 0 N–H and O–H groups in total. The number of aromatic nitrogens is 3. The second-order valence-electron chi connectivity index (χ2n) is 6.13. The molecule has 1 aliphatic heterocycles. The van der Waals surface area contributed by atoms with Crippen molar-refractivity contribution >= 4 is 22.7 Å². The second kappa shape index (κ2) is 6.03. The van der Waals surface area contributed by atoms with Gasteiger partial charge < -0.3 is 9.42 Å². The Morgan fingerprint density at radius 3 is 2.96 bits per heavy atom. The highest BCUT2D eigenvalue weighted by Crippen LogP contribution is 2.32. The van der Waals surface area contributed by atoms with E-state index < -0.39 is 0 Å². The zero-order chi connectivity index (χ0) is 16.5. The van der Waals surface area contributed by atoms with Crippen molar-refractivity contribution in [1.29, 1.82) is 0 Å². The third-order valence-corrected chi connectivity index (χ3v) is 4.59. The normalized spacial score (nSPS) is 17.5. The molecule has 0 bridgehead atoms. The summed E-state index contributed by atoms with van der Waals surface area (Å²) in [5.74, 6) is 0.988. The summed E-state index contributed by atoms with van der Waals surface area (Å²) in [6.45, 7) is 2.77. The molecule has 1 saturated heterocycles. The van der Waals surface area contributed by atoms with Crippen LogP contribution in [0.2, 0.25) is 0 Å². The molecular weight excluding hydrogens is 304 g/mol. The van der Waals surface area contributed by atoms with Crippen LogP contribution in [0.25, 0.3) is 11.1 Å². The van der Waals surface area contributed by atoms with E-state index in [1.165, 1.54) is 6.33 Å². The number of ketones is 1. The summed E-state index contributed by atoms with van der Waals surface area (Å²) in [7, 11) is 0. The average molecular weight is 322 g/mol. The summed E-state index contributed by atoms with van der Waals surface area (Å²) in [5.41, 5.74) is 2.04. The van der Waals surface area contributed by atoms with Gasteiger partial charge in [-0.2, -0.15) is 4.98 Å². The van der Waals surface area contributed by atoms with Gasteiger partial charge in [0.15, 0.2) is 5.78 Å². The molecule has 0 aliphatic carbocycles. The van der Waals surface area contributed by atoms with E-state index in [0.29, 0.717) is 12.1 Å². The van der Waals surface area contributed by atoms with E-state index in [1.807, 2.05) is 37.3 Å². The maximum Gasteiger partial charge on any atom is 0.263 e. The van der Waals surface area contributed by atoms with Gasteiger partial charge in [0.05, 0.1) is 5.69 Å². The molecule has 0 radical (unpaired) electrons. The molecule has 3 heterocycles. The van der Waals surface area contributed by atoms with Crippen LogP contribution >= 0.6 is 0 Å². The number of nitrogens with zero attached hydrogens (tertiary/aromatic N) is 4. The van der Waals surface area contributed by atoms with E-state index in [0.717, 1.165) is 41.8 Å². The minimum Gasteiger partial charge on any atom is -0.352 e. The molecule has 24 heavy (non-hydrogen) atoms. The quantitative estimate of drug-likeness (QED) is 0.687. The van der Waals surface area contributed by atoms with Gasteiger partial charge in [0, 0.05) is 24.6 Å². The number of anilines is 1. The first kappa shape index (κ1) is 14.8. The van der Waals surface area contributed by atoms with Crippen molar-refractivity contribution in [3.05, 3.63) is 47.9 Å². The van der Waals surface area contributed by atoms with Gasteiger partial charge in [-0.1, -0.05) is 35.5 Å². The first-order valence-electron chi connectivity index (χ1n) is 8.16. The highest BCUT2D eigenvalue weighted by Gasteiger charge is 2.30. The number of hydrogen-bond acceptors (Lipinski definition) is 6. The van der Waals surface area contributed by atoms with Crippen LogP contribution in [0.1, 0.15) is 35.3 Å². The number of rotatable bonds is 4. The predicted octanol–water partition coefficient (Wildman–Crippen LogP) is 3.17. The Kier molecular flexibility index (Phi) is 3.72. The molecule has 1 unspecified atom stereocenters. The lowest BCUT2D eigenvalue weighted by Gasteiger charge is -2.25. The SMILES string of the molecule is Cc1noc2ncnc(N3CCCC3CC(=O)c3ccccc3)c12. The molecule has 0 amide bonds. The number of fused-ring (bicyclic) bond motifs is 1. The standard InChI is InChI=1S/C18H18N4O2/c1-12-16-17(19-11-20-18(16)24-21-12)22-9-5-8-14(22)10-15(23)13-6-3-2-4-7-13/h2-4,6-7,11,14H,5,8-10H2,1H3. The van der Waals surface area contributed by atoms with Gasteiger partial charge in [-0.05, 0) is 19.8 Å². The van der Waals surface area contributed by atoms with E-state index in [9.17, 15) is 4.79 Å². The Bertz CT molecular complexity index is 875. The molecule has 6 heteroatoms. The molecular formula is C18H18N4O2. The predicted molar refractivity (Wildman–Crippen MR) is 90.1 cm³/mol. The van der Waals surface area contributed by atoms with Crippen LogP contribution in [0.4, 0.5) is 5.82 Å². The summed E-state index contributed by atoms with van der Waals surface area (Å²) >= 11 is 0. The van der Waals surface area contributed by atoms with Crippen LogP contribution in [0, 0.1) is 6.92 Å². The first-order valence-corrected chi connectivity index (χ1v) is 8.16. The van der Waals surface area contributed by atoms with Crippen molar-refractivity contribution in [2.24, 2.45) is 0 Å². The summed E-state index contributed by atoms with van der Waals surface area (Å²) in [6, 6.07) is 9.60. The van der Waals surface area contributed by atoms with Crippen molar-refractivity contribution in [3.8, 4) is 0 Å². The van der Waals surface area contributed by atoms with Crippen LogP contribution in [0.15, 0.2) is 41.2 Å². The Morgan fingerprint density at radius 1 is 1.29 bits per heavy atom. The topological polar surface area (TPSA) is 72.1 Å². The number of benzene rings is 1. The maximum atomic E-state index is 12.6. The minimum absolute atomic E-state index is 0.144. The van der Waals surface area contributed by atoms with Gasteiger partial charge in [-0.3, -0.25) is 4.79 Å². The Hall–Kier alpha value is -2.76. The Labute approximate surface area is 139 Å². The van der Waals surface area contributed by atoms with Gasteiger partial charge in [0.25, 0.3) is 5.71 Å². The fourth-order valence-electron chi connectivity index (χ4n) is 3.40. The molecule has 0 saturated carbocycles. The second-order valence-corrected chi connectivity index (χ2v) is 6.13. The number of aryl methyl sites for hydroxylation is 1. The zero-order valence-corrected chi connectivity index (χ0v) is 13.5. The van der Waals surface area contributed by atoms with Crippen molar-refractivity contribution in [2.75, 3.05) is 11.4 Å². The molecule has 0 spiro atoms. The van der Waals surface area contributed by atoms with Crippen molar-refractivity contribution < 1.29 is 9.32 Å². The highest BCUT2D eigenvalue weighted by molar-refractivity contribution is 5.97. The summed E-state index contributed by atoms with van der Waals surface area (Å²) in [5, 5.41) is 4.83. The van der Waals surface area contributed by atoms with Crippen LogP contribution in [0.3, 0.4) is 0 Å². The number of carbonyl (C=O) groups excluding carboxylic acids is 1. The molecule has 4 rings (SSSR count). The van der Waals surface area contributed by atoms with Crippen molar-refractivity contribution in [1.82, 2.24) is 15.1 Å². The lowest BCUT2D eigenvalue weighted by Crippen LogP contribution is -2.32.